The summed E-state index contributed by atoms with van der Waals surface area (Å²) in [4.78, 5) is 26.3. The first-order valence-electron chi connectivity index (χ1n) is 5.07. The van der Waals surface area contributed by atoms with Crippen LogP contribution in [0.1, 0.15) is 10.4 Å². The van der Waals surface area contributed by atoms with Gasteiger partial charge in [-0.3, -0.25) is 5.32 Å². The Hall–Kier alpha value is -2.48. The minimum absolute atomic E-state index is 0.124. The standard InChI is InChI=1S/C11H8FN3O3S/c12-6-2-1-3-7(8(6)9(16)17)14-10(18)15-11-13-4-5-19-11/h1-5H,(H,16,17)(H2,13,14,15,18). The molecule has 1 aromatic heterocycles. The van der Waals surface area contributed by atoms with E-state index >= 15 is 0 Å². The highest BCUT2D eigenvalue weighted by atomic mass is 32.1. The van der Waals surface area contributed by atoms with E-state index in [2.05, 4.69) is 15.6 Å². The smallest absolute Gasteiger partial charge is 0.340 e. The molecule has 19 heavy (non-hydrogen) atoms. The van der Waals surface area contributed by atoms with Gasteiger partial charge in [-0.1, -0.05) is 6.07 Å². The first-order chi connectivity index (χ1) is 9.08. The van der Waals surface area contributed by atoms with E-state index in [1.54, 1.807) is 5.38 Å². The lowest BCUT2D eigenvalue weighted by atomic mass is 10.1. The van der Waals surface area contributed by atoms with E-state index in [0.29, 0.717) is 5.13 Å². The van der Waals surface area contributed by atoms with Crippen molar-refractivity contribution in [1.82, 2.24) is 4.98 Å². The van der Waals surface area contributed by atoms with Gasteiger partial charge in [0.2, 0.25) is 0 Å². The third kappa shape index (κ3) is 3.05. The second-order valence-corrected chi connectivity index (χ2v) is 4.28. The van der Waals surface area contributed by atoms with Crippen LogP contribution in [0.4, 0.5) is 20.0 Å². The molecular weight excluding hydrogens is 273 g/mol. The van der Waals surface area contributed by atoms with Crippen molar-refractivity contribution in [3.63, 3.8) is 0 Å². The van der Waals surface area contributed by atoms with E-state index in [0.717, 1.165) is 6.07 Å². The molecule has 0 spiro atoms. The van der Waals surface area contributed by atoms with Gasteiger partial charge in [0.1, 0.15) is 11.4 Å². The summed E-state index contributed by atoms with van der Waals surface area (Å²) >= 11 is 1.20. The number of nitrogens with one attached hydrogen (secondary N) is 2. The highest BCUT2D eigenvalue weighted by molar-refractivity contribution is 7.13. The normalized spacial score (nSPS) is 9.95. The zero-order chi connectivity index (χ0) is 13.8. The van der Waals surface area contributed by atoms with E-state index in [4.69, 9.17) is 5.11 Å². The molecule has 2 aromatic rings. The summed E-state index contributed by atoms with van der Waals surface area (Å²) in [5.74, 6) is -2.37. The monoisotopic (exact) mass is 281 g/mol. The number of anilines is 2. The zero-order valence-corrected chi connectivity index (χ0v) is 10.2. The van der Waals surface area contributed by atoms with Crippen molar-refractivity contribution in [2.75, 3.05) is 10.6 Å². The maximum atomic E-state index is 13.4. The Balaban J connectivity index is 2.17. The highest BCUT2D eigenvalue weighted by Gasteiger charge is 2.17. The van der Waals surface area contributed by atoms with Gasteiger partial charge >= 0.3 is 12.0 Å². The predicted molar refractivity (Wildman–Crippen MR) is 68.1 cm³/mol. The third-order valence-electron chi connectivity index (χ3n) is 2.13. The number of carboxylic acid groups (broad SMARTS) is 1. The average Bonchev–Trinajstić information content (AvgIpc) is 2.81. The van der Waals surface area contributed by atoms with Crippen molar-refractivity contribution in [3.05, 3.63) is 41.2 Å². The molecule has 1 heterocycles. The lowest BCUT2D eigenvalue weighted by molar-refractivity contribution is 0.0693. The Kier molecular flexibility index (Phi) is 3.71. The molecule has 0 saturated carbocycles. The van der Waals surface area contributed by atoms with Crippen LogP contribution in [0.25, 0.3) is 0 Å². The number of rotatable bonds is 3. The number of amides is 2. The number of carboxylic acids is 1. The molecule has 8 heteroatoms. The molecule has 0 radical (unpaired) electrons. The van der Waals surface area contributed by atoms with Gasteiger partial charge in [0, 0.05) is 11.6 Å². The van der Waals surface area contributed by atoms with Crippen molar-refractivity contribution < 1.29 is 19.1 Å². The molecule has 0 aliphatic carbocycles. The van der Waals surface area contributed by atoms with E-state index in [1.165, 1.54) is 29.7 Å². The second kappa shape index (κ2) is 5.44. The van der Waals surface area contributed by atoms with Gasteiger partial charge in [-0.15, -0.1) is 11.3 Å². The largest absolute Gasteiger partial charge is 0.478 e. The van der Waals surface area contributed by atoms with Gasteiger partial charge in [-0.25, -0.2) is 19.0 Å². The molecule has 0 unspecified atom stereocenters. The number of benzene rings is 1. The van der Waals surface area contributed by atoms with Gasteiger partial charge in [0.25, 0.3) is 0 Å². The van der Waals surface area contributed by atoms with Gasteiger partial charge < -0.3 is 10.4 Å². The summed E-state index contributed by atoms with van der Waals surface area (Å²) in [5, 5.41) is 15.6. The van der Waals surface area contributed by atoms with Gasteiger partial charge in [0.15, 0.2) is 5.13 Å². The van der Waals surface area contributed by atoms with Crippen LogP contribution in [-0.4, -0.2) is 22.1 Å². The number of aromatic carboxylic acids is 1. The van der Waals surface area contributed by atoms with Crippen molar-refractivity contribution in [3.8, 4) is 0 Å². The van der Waals surface area contributed by atoms with Crippen molar-refractivity contribution >= 4 is 34.2 Å². The molecule has 0 bridgehead atoms. The summed E-state index contributed by atoms with van der Waals surface area (Å²) < 4.78 is 13.4. The predicted octanol–water partition coefficient (Wildman–Crippen LogP) is 2.62. The molecule has 0 saturated heterocycles. The molecule has 2 rings (SSSR count). The Morgan fingerprint density at radius 2 is 2.11 bits per heavy atom. The summed E-state index contributed by atoms with van der Waals surface area (Å²) in [6.07, 6.45) is 1.51. The topological polar surface area (TPSA) is 91.3 Å². The molecule has 0 atom stereocenters. The number of urea groups is 1. The van der Waals surface area contributed by atoms with E-state index < -0.39 is 23.4 Å². The quantitative estimate of drug-likeness (QED) is 0.806. The SMILES string of the molecule is O=C(Nc1nccs1)Nc1cccc(F)c1C(=O)O. The summed E-state index contributed by atoms with van der Waals surface area (Å²) in [6, 6.07) is 2.92. The minimum atomic E-state index is -1.46. The molecular formula is C11H8FN3O3S. The minimum Gasteiger partial charge on any atom is -0.478 e. The zero-order valence-electron chi connectivity index (χ0n) is 9.38. The highest BCUT2D eigenvalue weighted by Crippen LogP contribution is 2.19. The maximum Gasteiger partial charge on any atom is 0.340 e. The number of halogens is 1. The molecule has 3 N–H and O–H groups in total. The van der Waals surface area contributed by atoms with Gasteiger partial charge in [-0.2, -0.15) is 0 Å². The molecule has 6 nitrogen and oxygen atoms in total. The van der Waals surface area contributed by atoms with Crippen LogP contribution in [0.5, 0.6) is 0 Å². The fourth-order valence-electron chi connectivity index (χ4n) is 1.38. The first kappa shape index (κ1) is 13.0. The van der Waals surface area contributed by atoms with Crippen LogP contribution in [0, 0.1) is 5.82 Å². The molecule has 2 amide bonds. The van der Waals surface area contributed by atoms with Crippen LogP contribution in [0.15, 0.2) is 29.8 Å². The summed E-state index contributed by atoms with van der Waals surface area (Å²) in [6.45, 7) is 0. The fourth-order valence-corrected chi connectivity index (χ4v) is 1.91. The third-order valence-corrected chi connectivity index (χ3v) is 2.82. The molecule has 0 aliphatic rings. The fraction of sp³-hybridized carbons (Fsp3) is 0. The molecule has 0 aliphatic heterocycles. The number of hydrogen-bond acceptors (Lipinski definition) is 4. The number of carbonyl (C=O) groups is 2. The molecule has 1 aromatic carbocycles. The maximum absolute atomic E-state index is 13.4. The number of nitrogens with zero attached hydrogens (tertiary/aromatic N) is 1. The van der Waals surface area contributed by atoms with E-state index in [9.17, 15) is 14.0 Å². The number of aromatic nitrogens is 1. The number of carbonyl (C=O) groups excluding carboxylic acids is 1. The van der Waals surface area contributed by atoms with Crippen LogP contribution < -0.4 is 10.6 Å². The van der Waals surface area contributed by atoms with Gasteiger partial charge in [-0.05, 0) is 12.1 Å². The summed E-state index contributed by atoms with van der Waals surface area (Å²) in [5.41, 5.74) is -0.710. The second-order valence-electron chi connectivity index (χ2n) is 3.38. The van der Waals surface area contributed by atoms with Gasteiger partial charge in [0.05, 0.1) is 5.69 Å². The van der Waals surface area contributed by atoms with Crippen LogP contribution in [-0.2, 0) is 0 Å². The Bertz CT molecular complexity index is 616. The molecule has 98 valence electrons. The van der Waals surface area contributed by atoms with E-state index in [-0.39, 0.29) is 5.69 Å². The van der Waals surface area contributed by atoms with Crippen LogP contribution >= 0.6 is 11.3 Å². The summed E-state index contributed by atoms with van der Waals surface area (Å²) in [7, 11) is 0. The lowest BCUT2D eigenvalue weighted by Gasteiger charge is -2.08. The first-order valence-corrected chi connectivity index (χ1v) is 5.95. The Morgan fingerprint density at radius 3 is 2.74 bits per heavy atom. The van der Waals surface area contributed by atoms with Crippen molar-refractivity contribution in [2.24, 2.45) is 0 Å². The van der Waals surface area contributed by atoms with Crippen LogP contribution in [0.2, 0.25) is 0 Å². The van der Waals surface area contributed by atoms with Crippen LogP contribution in [0.3, 0.4) is 0 Å². The Morgan fingerprint density at radius 1 is 1.32 bits per heavy atom. The Labute approximate surface area is 110 Å². The molecule has 0 fully saturated rings. The van der Waals surface area contributed by atoms with Crippen molar-refractivity contribution in [2.45, 2.75) is 0 Å². The number of hydrogen-bond donors (Lipinski definition) is 3. The number of thiazole rings is 1. The average molecular weight is 281 g/mol. The van der Waals surface area contributed by atoms with E-state index in [1.807, 2.05) is 0 Å². The lowest BCUT2D eigenvalue weighted by Crippen LogP contribution is -2.21. The van der Waals surface area contributed by atoms with Crippen molar-refractivity contribution in [1.29, 1.82) is 0 Å².